The summed E-state index contributed by atoms with van der Waals surface area (Å²) in [5, 5.41) is 2.84. The molecule has 1 N–H and O–H groups in total. The highest BCUT2D eigenvalue weighted by atomic mass is 16.5. The summed E-state index contributed by atoms with van der Waals surface area (Å²) in [6, 6.07) is 12.7. The maximum Gasteiger partial charge on any atom is 0.262 e. The molecule has 0 unspecified atom stereocenters. The van der Waals surface area contributed by atoms with Crippen molar-refractivity contribution in [3.63, 3.8) is 0 Å². The number of anilines is 2. The van der Waals surface area contributed by atoms with Gasteiger partial charge in [-0.3, -0.25) is 9.59 Å². The zero-order chi connectivity index (χ0) is 18.5. The lowest BCUT2D eigenvalue weighted by Gasteiger charge is -2.29. The number of amides is 2. The number of hydrogen-bond acceptors (Lipinski definition) is 4. The molecule has 1 heterocycles. The van der Waals surface area contributed by atoms with Gasteiger partial charge in [0.1, 0.15) is 11.5 Å². The van der Waals surface area contributed by atoms with Gasteiger partial charge in [0.15, 0.2) is 6.61 Å². The van der Waals surface area contributed by atoms with E-state index in [2.05, 4.69) is 5.32 Å². The smallest absolute Gasteiger partial charge is 0.262 e. The average molecular weight is 354 g/mol. The van der Waals surface area contributed by atoms with Crippen molar-refractivity contribution in [2.45, 2.75) is 19.8 Å². The number of nitrogens with zero attached hydrogens (tertiary/aromatic N) is 1. The third-order valence-electron chi connectivity index (χ3n) is 4.29. The maximum atomic E-state index is 12.1. The molecule has 0 atom stereocenters. The van der Waals surface area contributed by atoms with E-state index in [4.69, 9.17) is 9.47 Å². The molecule has 0 aliphatic carbocycles. The van der Waals surface area contributed by atoms with Crippen molar-refractivity contribution in [1.82, 2.24) is 0 Å². The Balaban J connectivity index is 1.60. The molecular weight excluding hydrogens is 332 g/mol. The van der Waals surface area contributed by atoms with Crippen LogP contribution in [-0.4, -0.2) is 32.1 Å². The third-order valence-corrected chi connectivity index (χ3v) is 4.29. The Labute approximate surface area is 152 Å². The molecule has 3 rings (SSSR count). The van der Waals surface area contributed by atoms with E-state index >= 15 is 0 Å². The van der Waals surface area contributed by atoms with Crippen LogP contribution in [0.4, 0.5) is 11.4 Å². The number of carbonyl (C=O) groups is 2. The molecule has 26 heavy (non-hydrogen) atoms. The number of benzene rings is 2. The van der Waals surface area contributed by atoms with Crippen LogP contribution in [0.5, 0.6) is 11.5 Å². The second kappa shape index (κ2) is 7.91. The predicted molar refractivity (Wildman–Crippen MR) is 99.9 cm³/mol. The van der Waals surface area contributed by atoms with Crippen LogP contribution >= 0.6 is 0 Å². The van der Waals surface area contributed by atoms with Gasteiger partial charge in [-0.2, -0.15) is 0 Å². The van der Waals surface area contributed by atoms with Crippen LogP contribution in [0, 0.1) is 0 Å². The largest absolute Gasteiger partial charge is 0.497 e. The van der Waals surface area contributed by atoms with Crippen LogP contribution in [0.3, 0.4) is 0 Å². The van der Waals surface area contributed by atoms with Crippen LogP contribution < -0.4 is 19.7 Å². The van der Waals surface area contributed by atoms with Crippen molar-refractivity contribution < 1.29 is 19.1 Å². The monoisotopic (exact) mass is 354 g/mol. The Hall–Kier alpha value is -3.02. The fraction of sp³-hybridized carbons (Fsp3) is 0.300. The molecule has 136 valence electrons. The molecule has 0 spiro atoms. The molecule has 6 heteroatoms. The van der Waals surface area contributed by atoms with E-state index in [1.807, 2.05) is 18.2 Å². The van der Waals surface area contributed by atoms with Gasteiger partial charge in [0.25, 0.3) is 5.91 Å². The van der Waals surface area contributed by atoms with Crippen molar-refractivity contribution >= 4 is 23.2 Å². The molecule has 1 aliphatic rings. The van der Waals surface area contributed by atoms with Crippen LogP contribution in [-0.2, 0) is 16.0 Å². The number of ether oxygens (including phenoxy) is 2. The van der Waals surface area contributed by atoms with Gasteiger partial charge >= 0.3 is 0 Å². The zero-order valence-corrected chi connectivity index (χ0v) is 15.0. The fourth-order valence-electron chi connectivity index (χ4n) is 3.02. The summed E-state index contributed by atoms with van der Waals surface area (Å²) >= 11 is 0. The van der Waals surface area contributed by atoms with Crippen LogP contribution in [0.25, 0.3) is 0 Å². The molecule has 0 aromatic heterocycles. The topological polar surface area (TPSA) is 67.9 Å². The van der Waals surface area contributed by atoms with Gasteiger partial charge in [-0.1, -0.05) is 0 Å². The van der Waals surface area contributed by atoms with E-state index in [0.29, 0.717) is 11.4 Å². The normalized spacial score (nSPS) is 12.9. The highest BCUT2D eigenvalue weighted by molar-refractivity contribution is 5.95. The molecule has 2 amide bonds. The molecular formula is C20H22N2O4. The van der Waals surface area contributed by atoms with Crippen molar-refractivity contribution in [3.8, 4) is 11.5 Å². The minimum Gasteiger partial charge on any atom is -0.497 e. The number of hydrogen-bond donors (Lipinski definition) is 1. The summed E-state index contributed by atoms with van der Waals surface area (Å²) in [5.74, 6) is 1.13. The molecule has 1 aliphatic heterocycles. The first-order valence-electron chi connectivity index (χ1n) is 8.54. The average Bonchev–Trinajstić information content (AvgIpc) is 2.66. The summed E-state index contributed by atoms with van der Waals surface area (Å²) in [6.07, 6.45) is 1.82. The molecule has 0 bridgehead atoms. The second-order valence-corrected chi connectivity index (χ2v) is 6.13. The van der Waals surface area contributed by atoms with E-state index in [9.17, 15) is 9.59 Å². The first kappa shape index (κ1) is 17.8. The van der Waals surface area contributed by atoms with Gasteiger partial charge in [0.05, 0.1) is 7.11 Å². The highest BCUT2D eigenvalue weighted by Gasteiger charge is 2.20. The Morgan fingerprint density at radius 1 is 1.12 bits per heavy atom. The minimum absolute atomic E-state index is 0.0376. The third kappa shape index (κ3) is 4.14. The molecule has 0 fully saturated rings. The molecule has 2 aromatic rings. The predicted octanol–water partition coefficient (Wildman–Crippen LogP) is 3.01. The summed E-state index contributed by atoms with van der Waals surface area (Å²) in [4.78, 5) is 25.6. The van der Waals surface area contributed by atoms with Crippen LogP contribution in [0.15, 0.2) is 42.5 Å². The minimum atomic E-state index is -0.236. The molecule has 6 nitrogen and oxygen atoms in total. The summed E-state index contributed by atoms with van der Waals surface area (Å²) in [7, 11) is 1.59. The van der Waals surface area contributed by atoms with E-state index in [-0.39, 0.29) is 18.4 Å². The molecule has 2 aromatic carbocycles. The lowest BCUT2D eigenvalue weighted by atomic mass is 10.0. The SMILES string of the molecule is COc1ccc(OCC(=O)Nc2ccc3c(c2)CCCN3C(C)=O)cc1. The van der Waals surface area contributed by atoms with E-state index < -0.39 is 0 Å². The Kier molecular flexibility index (Phi) is 5.41. The summed E-state index contributed by atoms with van der Waals surface area (Å²) in [6.45, 7) is 2.23. The number of carbonyl (C=O) groups excluding carboxylic acids is 2. The number of methoxy groups -OCH3 is 1. The van der Waals surface area contributed by atoms with Gasteiger partial charge in [0.2, 0.25) is 5.91 Å². The van der Waals surface area contributed by atoms with E-state index in [1.165, 1.54) is 0 Å². The van der Waals surface area contributed by atoms with E-state index in [1.54, 1.807) is 43.2 Å². The van der Waals surface area contributed by atoms with Crippen LogP contribution in [0.2, 0.25) is 0 Å². The molecule has 0 saturated heterocycles. The fourth-order valence-corrected chi connectivity index (χ4v) is 3.02. The van der Waals surface area contributed by atoms with Crippen molar-refractivity contribution in [3.05, 3.63) is 48.0 Å². The van der Waals surface area contributed by atoms with Crippen molar-refractivity contribution in [2.75, 3.05) is 30.5 Å². The highest BCUT2D eigenvalue weighted by Crippen LogP contribution is 2.29. The van der Waals surface area contributed by atoms with Crippen molar-refractivity contribution in [1.29, 1.82) is 0 Å². The molecule has 0 radical (unpaired) electrons. The zero-order valence-electron chi connectivity index (χ0n) is 15.0. The second-order valence-electron chi connectivity index (χ2n) is 6.13. The summed E-state index contributed by atoms with van der Waals surface area (Å²) < 4.78 is 10.6. The Morgan fingerprint density at radius 3 is 2.54 bits per heavy atom. The van der Waals surface area contributed by atoms with Gasteiger partial charge in [0, 0.05) is 24.8 Å². The van der Waals surface area contributed by atoms with Crippen LogP contribution in [0.1, 0.15) is 18.9 Å². The van der Waals surface area contributed by atoms with Gasteiger partial charge in [-0.25, -0.2) is 0 Å². The maximum absolute atomic E-state index is 12.1. The number of aryl methyl sites for hydroxylation is 1. The Bertz CT molecular complexity index is 802. The van der Waals surface area contributed by atoms with Gasteiger partial charge in [-0.05, 0) is 60.9 Å². The van der Waals surface area contributed by atoms with E-state index in [0.717, 1.165) is 36.4 Å². The number of fused-ring (bicyclic) bond motifs is 1. The quantitative estimate of drug-likeness (QED) is 0.896. The first-order chi connectivity index (χ1) is 12.6. The lowest BCUT2D eigenvalue weighted by molar-refractivity contribution is -0.118. The number of nitrogens with one attached hydrogen (secondary N) is 1. The van der Waals surface area contributed by atoms with Crippen molar-refractivity contribution in [2.24, 2.45) is 0 Å². The molecule has 0 saturated carbocycles. The van der Waals surface area contributed by atoms with Gasteiger partial charge in [-0.15, -0.1) is 0 Å². The summed E-state index contributed by atoms with van der Waals surface area (Å²) in [5.41, 5.74) is 2.70. The first-order valence-corrected chi connectivity index (χ1v) is 8.54. The Morgan fingerprint density at radius 2 is 1.85 bits per heavy atom. The van der Waals surface area contributed by atoms with Gasteiger partial charge < -0.3 is 19.7 Å². The lowest BCUT2D eigenvalue weighted by Crippen LogP contribution is -2.33. The number of rotatable bonds is 5. The standard InChI is InChI=1S/C20H22N2O4/c1-14(23)22-11-3-4-15-12-16(5-10-19(15)22)21-20(24)13-26-18-8-6-17(25-2)7-9-18/h5-10,12H,3-4,11,13H2,1-2H3,(H,21,24).